The van der Waals surface area contributed by atoms with E-state index in [-0.39, 0.29) is 18.6 Å². The maximum atomic E-state index is 10.5. The van der Waals surface area contributed by atoms with Crippen LogP contribution in [0.1, 0.15) is 16.5 Å². The normalized spacial score (nSPS) is 27.0. The average molecular weight is 290 g/mol. The van der Waals surface area contributed by atoms with E-state index < -0.39 is 6.10 Å². The number of likely N-dealkylation sites (tertiary alicyclic amines) is 1. The third kappa shape index (κ3) is 2.62. The number of benzene rings is 1. The summed E-state index contributed by atoms with van der Waals surface area (Å²) < 4.78 is 0. The minimum absolute atomic E-state index is 0.0319. The number of aliphatic hydroxyl groups excluding tert-OH is 2. The van der Waals surface area contributed by atoms with Gasteiger partial charge >= 0.3 is 0 Å². The Balaban J connectivity index is 1.79. The molecule has 0 saturated carbocycles. The Morgan fingerprint density at radius 3 is 2.75 bits per heavy atom. The highest BCUT2D eigenvalue weighted by Crippen LogP contribution is 2.33. The first kappa shape index (κ1) is 13.7. The molecule has 1 aromatic carbocycles. The lowest BCUT2D eigenvalue weighted by Crippen LogP contribution is -2.38. The lowest BCUT2D eigenvalue weighted by atomic mass is 9.94. The van der Waals surface area contributed by atoms with Gasteiger partial charge < -0.3 is 10.2 Å². The van der Waals surface area contributed by atoms with Gasteiger partial charge in [-0.2, -0.15) is 0 Å². The van der Waals surface area contributed by atoms with E-state index in [1.807, 2.05) is 35.7 Å². The zero-order chi connectivity index (χ0) is 13.9. The standard InChI is InChI=1S/C15H18N2O2S/c18-10-13-15(19)12(11-4-2-1-3-5-11)8-17(13)9-14-16-6-7-20-14/h1-7,12-13,15,18-19H,8-10H2/t12-,13-,15-/m1/s1. The van der Waals surface area contributed by atoms with Crippen molar-refractivity contribution in [2.75, 3.05) is 13.2 Å². The predicted molar refractivity (Wildman–Crippen MR) is 78.6 cm³/mol. The second-order valence-corrected chi connectivity index (χ2v) is 6.09. The second kappa shape index (κ2) is 6.01. The Morgan fingerprint density at radius 2 is 2.10 bits per heavy atom. The van der Waals surface area contributed by atoms with E-state index >= 15 is 0 Å². The topological polar surface area (TPSA) is 56.6 Å². The van der Waals surface area contributed by atoms with Crippen LogP contribution in [0.4, 0.5) is 0 Å². The fraction of sp³-hybridized carbons (Fsp3) is 0.400. The van der Waals surface area contributed by atoms with Gasteiger partial charge in [0, 0.05) is 24.0 Å². The highest BCUT2D eigenvalue weighted by Gasteiger charge is 2.41. The zero-order valence-corrected chi connectivity index (χ0v) is 11.9. The molecule has 106 valence electrons. The van der Waals surface area contributed by atoms with Crippen LogP contribution >= 0.6 is 11.3 Å². The number of aliphatic hydroxyl groups is 2. The molecule has 2 aromatic rings. The van der Waals surface area contributed by atoms with E-state index in [9.17, 15) is 10.2 Å². The van der Waals surface area contributed by atoms with Crippen LogP contribution in [0, 0.1) is 0 Å². The first-order chi connectivity index (χ1) is 9.79. The van der Waals surface area contributed by atoms with E-state index in [1.165, 1.54) is 0 Å². The number of nitrogens with zero attached hydrogens (tertiary/aromatic N) is 2. The molecule has 1 aliphatic rings. The molecule has 5 heteroatoms. The third-order valence-corrected chi connectivity index (χ3v) is 4.71. The van der Waals surface area contributed by atoms with Crippen LogP contribution in [0.5, 0.6) is 0 Å². The number of hydrogen-bond acceptors (Lipinski definition) is 5. The van der Waals surface area contributed by atoms with Gasteiger partial charge in [-0.1, -0.05) is 30.3 Å². The molecule has 1 fully saturated rings. The molecule has 2 heterocycles. The van der Waals surface area contributed by atoms with Crippen LogP contribution in [0.3, 0.4) is 0 Å². The number of thiazole rings is 1. The fourth-order valence-corrected chi connectivity index (χ4v) is 3.53. The van der Waals surface area contributed by atoms with Crippen molar-refractivity contribution in [3.05, 3.63) is 52.5 Å². The largest absolute Gasteiger partial charge is 0.395 e. The summed E-state index contributed by atoms with van der Waals surface area (Å²) >= 11 is 1.60. The molecular formula is C15H18N2O2S. The molecule has 0 unspecified atom stereocenters. The van der Waals surface area contributed by atoms with Gasteiger partial charge in [-0.05, 0) is 5.56 Å². The van der Waals surface area contributed by atoms with Crippen LogP contribution in [-0.4, -0.2) is 45.4 Å². The lowest BCUT2D eigenvalue weighted by molar-refractivity contribution is 0.0641. The first-order valence-corrected chi connectivity index (χ1v) is 7.64. The van der Waals surface area contributed by atoms with Crippen LogP contribution in [-0.2, 0) is 6.54 Å². The molecule has 1 saturated heterocycles. The Bertz CT molecular complexity index is 532. The van der Waals surface area contributed by atoms with Crippen LogP contribution in [0.2, 0.25) is 0 Å². The monoisotopic (exact) mass is 290 g/mol. The van der Waals surface area contributed by atoms with Gasteiger partial charge in [0.25, 0.3) is 0 Å². The molecule has 1 aliphatic heterocycles. The lowest BCUT2D eigenvalue weighted by Gasteiger charge is -2.22. The maximum Gasteiger partial charge on any atom is 0.107 e. The summed E-state index contributed by atoms with van der Waals surface area (Å²) in [5, 5.41) is 23.0. The van der Waals surface area contributed by atoms with Crippen molar-refractivity contribution in [1.29, 1.82) is 0 Å². The summed E-state index contributed by atoms with van der Waals surface area (Å²) in [4.78, 5) is 6.41. The summed E-state index contributed by atoms with van der Waals surface area (Å²) in [6.07, 6.45) is 1.25. The summed E-state index contributed by atoms with van der Waals surface area (Å²) in [5.41, 5.74) is 1.13. The SMILES string of the molecule is OC[C@@H]1[C@H](O)[C@@H](c2ccccc2)CN1Cc1nccs1. The molecule has 3 atom stereocenters. The van der Waals surface area contributed by atoms with Crippen molar-refractivity contribution in [2.24, 2.45) is 0 Å². The zero-order valence-electron chi connectivity index (χ0n) is 11.1. The highest BCUT2D eigenvalue weighted by molar-refractivity contribution is 7.09. The van der Waals surface area contributed by atoms with Gasteiger partial charge in [-0.15, -0.1) is 11.3 Å². The van der Waals surface area contributed by atoms with E-state index in [2.05, 4.69) is 9.88 Å². The van der Waals surface area contributed by atoms with Gasteiger partial charge in [-0.25, -0.2) is 4.98 Å². The van der Waals surface area contributed by atoms with E-state index in [0.29, 0.717) is 6.54 Å². The van der Waals surface area contributed by atoms with Crippen molar-refractivity contribution in [3.8, 4) is 0 Å². The Labute approximate surface area is 122 Å². The summed E-state index contributed by atoms with van der Waals surface area (Å²) in [6, 6.07) is 9.80. The highest BCUT2D eigenvalue weighted by atomic mass is 32.1. The molecule has 2 N–H and O–H groups in total. The Morgan fingerprint density at radius 1 is 1.30 bits per heavy atom. The van der Waals surface area contributed by atoms with Gasteiger partial charge in [0.2, 0.25) is 0 Å². The summed E-state index contributed by atoms with van der Waals surface area (Å²) in [7, 11) is 0. The van der Waals surface area contributed by atoms with Crippen LogP contribution < -0.4 is 0 Å². The van der Waals surface area contributed by atoms with E-state index in [4.69, 9.17) is 0 Å². The van der Waals surface area contributed by atoms with Gasteiger partial charge in [-0.3, -0.25) is 4.90 Å². The Hall–Kier alpha value is -1.27. The predicted octanol–water partition coefficient (Wildman–Crippen LogP) is 1.46. The van der Waals surface area contributed by atoms with E-state index in [0.717, 1.165) is 17.1 Å². The van der Waals surface area contributed by atoms with Crippen molar-refractivity contribution < 1.29 is 10.2 Å². The summed E-state index contributed by atoms with van der Waals surface area (Å²) in [5.74, 6) is 0.0494. The van der Waals surface area contributed by atoms with Crippen LogP contribution in [0.25, 0.3) is 0 Å². The number of rotatable bonds is 4. The molecule has 0 amide bonds. The molecule has 3 rings (SSSR count). The van der Waals surface area contributed by atoms with Crippen molar-refractivity contribution in [1.82, 2.24) is 9.88 Å². The molecular weight excluding hydrogens is 272 g/mol. The second-order valence-electron chi connectivity index (χ2n) is 5.11. The molecule has 0 spiro atoms. The minimum Gasteiger partial charge on any atom is -0.395 e. The van der Waals surface area contributed by atoms with Crippen molar-refractivity contribution in [3.63, 3.8) is 0 Å². The van der Waals surface area contributed by atoms with Crippen LogP contribution in [0.15, 0.2) is 41.9 Å². The quantitative estimate of drug-likeness (QED) is 0.895. The molecule has 0 bridgehead atoms. The number of aromatic nitrogens is 1. The summed E-state index contributed by atoms with van der Waals surface area (Å²) in [6.45, 7) is 1.40. The fourth-order valence-electron chi connectivity index (χ4n) is 2.89. The number of hydrogen-bond donors (Lipinski definition) is 2. The van der Waals surface area contributed by atoms with Crippen molar-refractivity contribution >= 4 is 11.3 Å². The minimum atomic E-state index is -0.539. The molecule has 0 radical (unpaired) electrons. The molecule has 20 heavy (non-hydrogen) atoms. The first-order valence-electron chi connectivity index (χ1n) is 6.76. The smallest absolute Gasteiger partial charge is 0.107 e. The third-order valence-electron chi connectivity index (χ3n) is 3.94. The maximum absolute atomic E-state index is 10.5. The average Bonchev–Trinajstić information content (AvgIpc) is 3.08. The Kier molecular flexibility index (Phi) is 4.12. The van der Waals surface area contributed by atoms with E-state index in [1.54, 1.807) is 17.5 Å². The molecule has 0 aliphatic carbocycles. The van der Waals surface area contributed by atoms with Gasteiger partial charge in [0.1, 0.15) is 5.01 Å². The molecule has 4 nitrogen and oxygen atoms in total. The molecule has 1 aromatic heterocycles. The van der Waals surface area contributed by atoms with Gasteiger partial charge in [0.05, 0.1) is 25.3 Å². The van der Waals surface area contributed by atoms with Gasteiger partial charge in [0.15, 0.2) is 0 Å². The van der Waals surface area contributed by atoms with Crippen molar-refractivity contribution in [2.45, 2.75) is 24.6 Å².